The average Bonchev–Trinajstić information content (AvgIpc) is 3.58. The molecule has 1 aliphatic carbocycles. The van der Waals surface area contributed by atoms with Crippen molar-refractivity contribution in [1.29, 1.82) is 0 Å². The highest BCUT2D eigenvalue weighted by Gasteiger charge is 2.49. The largest absolute Gasteiger partial charge is 0.344 e. The fraction of sp³-hybridized carbons (Fsp3) is 0.545. The van der Waals surface area contributed by atoms with Gasteiger partial charge in [0.1, 0.15) is 5.54 Å². The lowest BCUT2D eigenvalue weighted by Gasteiger charge is -2.32. The van der Waals surface area contributed by atoms with Gasteiger partial charge in [0.25, 0.3) is 5.91 Å². The van der Waals surface area contributed by atoms with Gasteiger partial charge >= 0.3 is 6.03 Å². The summed E-state index contributed by atoms with van der Waals surface area (Å²) in [5, 5.41) is 3.53. The van der Waals surface area contributed by atoms with Gasteiger partial charge in [-0.3, -0.25) is 19.8 Å². The molecule has 0 aromatic heterocycles. The summed E-state index contributed by atoms with van der Waals surface area (Å²) in [5.41, 5.74) is 2.53. The Morgan fingerprint density at radius 1 is 1.07 bits per heavy atom. The molecule has 1 aromatic rings. The van der Waals surface area contributed by atoms with Crippen LogP contribution in [0.2, 0.25) is 0 Å². The lowest BCUT2D eigenvalue weighted by Crippen LogP contribution is -2.52. The second kappa shape index (κ2) is 8.08. The summed E-state index contributed by atoms with van der Waals surface area (Å²) in [6.07, 6.45) is 4.09. The molecule has 1 atom stereocenters. The summed E-state index contributed by atoms with van der Waals surface area (Å²) < 4.78 is 0. The second-order valence-electron chi connectivity index (χ2n) is 8.74. The zero-order valence-corrected chi connectivity index (χ0v) is 17.2. The van der Waals surface area contributed by atoms with Crippen molar-refractivity contribution in [2.24, 2.45) is 11.8 Å². The van der Waals surface area contributed by atoms with Crippen LogP contribution in [-0.4, -0.2) is 52.3 Å². The summed E-state index contributed by atoms with van der Waals surface area (Å²) in [6, 6.07) is 9.14. The number of nitrogens with zero attached hydrogens (tertiary/aromatic N) is 2. The third-order valence-electron chi connectivity index (χ3n) is 6.34. The van der Waals surface area contributed by atoms with Crippen LogP contribution in [0.1, 0.15) is 44.6 Å². The Morgan fingerprint density at radius 2 is 1.73 bits per heavy atom. The van der Waals surface area contributed by atoms with Gasteiger partial charge in [-0.2, -0.15) is 5.01 Å². The van der Waals surface area contributed by atoms with Crippen LogP contribution in [0.3, 0.4) is 0 Å². The molecule has 2 heterocycles. The third kappa shape index (κ3) is 4.17. The van der Waals surface area contributed by atoms with Crippen LogP contribution in [-0.2, 0) is 20.8 Å². The van der Waals surface area contributed by atoms with Crippen molar-refractivity contribution in [2.75, 3.05) is 13.1 Å². The van der Waals surface area contributed by atoms with Crippen molar-refractivity contribution in [3.05, 3.63) is 35.9 Å². The van der Waals surface area contributed by atoms with Crippen LogP contribution in [0.5, 0.6) is 0 Å². The van der Waals surface area contributed by atoms with Crippen LogP contribution >= 0.6 is 0 Å². The van der Waals surface area contributed by atoms with Gasteiger partial charge in [0.2, 0.25) is 11.8 Å². The highest BCUT2D eigenvalue weighted by atomic mass is 16.2. The molecule has 3 aliphatic rings. The molecule has 2 saturated heterocycles. The summed E-state index contributed by atoms with van der Waals surface area (Å²) in [4.78, 5) is 51.9. The Labute approximate surface area is 175 Å². The number of likely N-dealkylation sites (tertiary alicyclic amines) is 1. The maximum absolute atomic E-state index is 12.9. The summed E-state index contributed by atoms with van der Waals surface area (Å²) in [6.45, 7) is 2.77. The van der Waals surface area contributed by atoms with Gasteiger partial charge in [0.05, 0.1) is 0 Å². The molecular formula is C22H28N4O4. The van der Waals surface area contributed by atoms with Crippen LogP contribution in [0.25, 0.3) is 0 Å². The van der Waals surface area contributed by atoms with Gasteiger partial charge < -0.3 is 10.2 Å². The quantitative estimate of drug-likeness (QED) is 0.694. The number of carbonyl (C=O) groups excluding carboxylic acids is 4. The topological polar surface area (TPSA) is 98.8 Å². The van der Waals surface area contributed by atoms with E-state index in [0.717, 1.165) is 23.4 Å². The third-order valence-corrected chi connectivity index (χ3v) is 6.34. The van der Waals surface area contributed by atoms with Gasteiger partial charge in [0.15, 0.2) is 0 Å². The molecule has 30 heavy (non-hydrogen) atoms. The molecule has 1 aromatic carbocycles. The van der Waals surface area contributed by atoms with E-state index in [-0.39, 0.29) is 23.7 Å². The van der Waals surface area contributed by atoms with Crippen molar-refractivity contribution in [3.8, 4) is 0 Å². The van der Waals surface area contributed by atoms with E-state index in [1.54, 1.807) is 6.92 Å². The second-order valence-corrected chi connectivity index (χ2v) is 8.74. The highest BCUT2D eigenvalue weighted by molar-refractivity contribution is 6.07. The molecule has 5 amide bonds. The van der Waals surface area contributed by atoms with Crippen LogP contribution < -0.4 is 10.7 Å². The van der Waals surface area contributed by atoms with Crippen molar-refractivity contribution in [2.45, 2.75) is 51.0 Å². The van der Waals surface area contributed by atoms with Crippen LogP contribution in [0.15, 0.2) is 30.3 Å². The molecule has 2 aliphatic heterocycles. The van der Waals surface area contributed by atoms with Gasteiger partial charge in [0, 0.05) is 24.9 Å². The number of hydrogen-bond acceptors (Lipinski definition) is 4. The number of hydrazine groups is 1. The Morgan fingerprint density at radius 3 is 2.37 bits per heavy atom. The first-order valence-electron chi connectivity index (χ1n) is 10.7. The summed E-state index contributed by atoms with van der Waals surface area (Å²) in [7, 11) is 0. The number of aryl methyl sites for hydroxylation is 1. The van der Waals surface area contributed by atoms with Crippen molar-refractivity contribution < 1.29 is 19.2 Å². The fourth-order valence-corrected chi connectivity index (χ4v) is 4.15. The lowest BCUT2D eigenvalue weighted by atomic mass is 9.93. The van der Waals surface area contributed by atoms with Gasteiger partial charge in [-0.1, -0.05) is 30.3 Å². The zero-order valence-electron chi connectivity index (χ0n) is 17.2. The first-order valence-corrected chi connectivity index (χ1v) is 10.7. The number of urea groups is 1. The molecule has 2 N–H and O–H groups in total. The van der Waals surface area contributed by atoms with E-state index in [4.69, 9.17) is 0 Å². The molecule has 1 saturated carbocycles. The Bertz CT molecular complexity index is 846. The number of benzene rings is 1. The first kappa shape index (κ1) is 20.4. The van der Waals surface area contributed by atoms with E-state index in [1.165, 1.54) is 0 Å². The standard InChI is InChI=1S/C22H28N4O4/c1-22(12-9-15-5-3-2-4-6-15)20(29)26(21(30)23-22)24-18(27)16-10-13-25(14-11-16)19(28)17-7-8-17/h2-6,16-17H,7-14H2,1H3,(H,23,30)(H,24,27). The van der Waals surface area contributed by atoms with Crippen molar-refractivity contribution in [3.63, 3.8) is 0 Å². The Kier molecular flexibility index (Phi) is 5.49. The van der Waals surface area contributed by atoms with E-state index in [9.17, 15) is 19.2 Å². The van der Waals surface area contributed by atoms with E-state index >= 15 is 0 Å². The van der Waals surface area contributed by atoms with Crippen LogP contribution in [0.4, 0.5) is 4.79 Å². The van der Waals surface area contributed by atoms with Crippen molar-refractivity contribution in [1.82, 2.24) is 20.7 Å². The van der Waals surface area contributed by atoms with Gasteiger partial charge in [-0.15, -0.1) is 0 Å². The van der Waals surface area contributed by atoms with E-state index in [0.29, 0.717) is 38.8 Å². The number of imide groups is 1. The molecule has 1 unspecified atom stereocenters. The summed E-state index contributed by atoms with van der Waals surface area (Å²) in [5.74, 6) is -0.737. The number of piperidine rings is 1. The number of rotatable bonds is 6. The zero-order chi connectivity index (χ0) is 21.3. The lowest BCUT2D eigenvalue weighted by molar-refractivity contribution is -0.142. The van der Waals surface area contributed by atoms with Crippen molar-refractivity contribution >= 4 is 23.8 Å². The SMILES string of the molecule is CC1(CCc2ccccc2)NC(=O)N(NC(=O)C2CCN(C(=O)C3CC3)CC2)C1=O. The minimum absolute atomic E-state index is 0.176. The van der Waals surface area contributed by atoms with E-state index in [1.807, 2.05) is 35.2 Å². The van der Waals surface area contributed by atoms with Crippen LogP contribution in [0, 0.1) is 11.8 Å². The maximum Gasteiger partial charge on any atom is 0.344 e. The minimum Gasteiger partial charge on any atom is -0.342 e. The van der Waals surface area contributed by atoms with E-state index in [2.05, 4.69) is 10.7 Å². The smallest absolute Gasteiger partial charge is 0.342 e. The highest BCUT2D eigenvalue weighted by Crippen LogP contribution is 2.32. The Balaban J connectivity index is 1.30. The molecule has 0 spiro atoms. The molecule has 3 fully saturated rings. The first-order chi connectivity index (χ1) is 14.4. The molecular weight excluding hydrogens is 384 g/mol. The number of carbonyl (C=O) groups is 4. The van der Waals surface area contributed by atoms with E-state index < -0.39 is 17.5 Å². The molecule has 160 valence electrons. The number of nitrogens with one attached hydrogen (secondary N) is 2. The number of amides is 5. The number of hydrogen-bond donors (Lipinski definition) is 2. The maximum atomic E-state index is 12.9. The minimum atomic E-state index is -1.06. The normalized spacial score (nSPS) is 24.7. The van der Waals surface area contributed by atoms with Gasteiger partial charge in [-0.25, -0.2) is 4.79 Å². The predicted octanol–water partition coefficient (Wildman–Crippen LogP) is 1.61. The molecule has 8 nitrogen and oxygen atoms in total. The molecule has 8 heteroatoms. The Hall–Kier alpha value is -2.90. The average molecular weight is 412 g/mol. The van der Waals surface area contributed by atoms with Gasteiger partial charge in [-0.05, 0) is 51.0 Å². The molecule has 4 rings (SSSR count). The molecule has 0 bridgehead atoms. The monoisotopic (exact) mass is 412 g/mol. The summed E-state index contributed by atoms with van der Waals surface area (Å²) >= 11 is 0. The fourth-order valence-electron chi connectivity index (χ4n) is 4.15. The molecule has 0 radical (unpaired) electrons. The predicted molar refractivity (Wildman–Crippen MR) is 109 cm³/mol.